The van der Waals surface area contributed by atoms with Crippen LogP contribution < -0.4 is 9.47 Å². The Morgan fingerprint density at radius 1 is 1.56 bits per heavy atom. The van der Waals surface area contributed by atoms with Gasteiger partial charge in [0.2, 0.25) is 0 Å². The SMILES string of the molecule is C=C(C)COc1c(I)cc(C#N)cc1OC. The van der Waals surface area contributed by atoms with E-state index in [4.69, 9.17) is 14.7 Å². The van der Waals surface area contributed by atoms with Crippen LogP contribution in [0.5, 0.6) is 11.5 Å². The topological polar surface area (TPSA) is 42.2 Å². The van der Waals surface area contributed by atoms with Gasteiger partial charge < -0.3 is 9.47 Å². The first-order valence-electron chi connectivity index (χ1n) is 4.63. The summed E-state index contributed by atoms with van der Waals surface area (Å²) in [6, 6.07) is 5.50. The molecule has 84 valence electrons. The van der Waals surface area contributed by atoms with Crippen molar-refractivity contribution in [2.24, 2.45) is 0 Å². The summed E-state index contributed by atoms with van der Waals surface area (Å²) >= 11 is 2.12. The van der Waals surface area contributed by atoms with Gasteiger partial charge in [0.25, 0.3) is 0 Å². The molecule has 0 aromatic heterocycles. The molecule has 0 aliphatic heterocycles. The smallest absolute Gasteiger partial charge is 0.175 e. The molecule has 0 bridgehead atoms. The number of hydrogen-bond donors (Lipinski definition) is 0. The molecule has 1 rings (SSSR count). The second-order valence-corrected chi connectivity index (χ2v) is 4.51. The molecule has 0 fully saturated rings. The van der Waals surface area contributed by atoms with Gasteiger partial charge in [-0.15, -0.1) is 0 Å². The molecule has 4 heteroatoms. The summed E-state index contributed by atoms with van der Waals surface area (Å²) in [5, 5.41) is 8.83. The molecule has 0 saturated heterocycles. The van der Waals surface area contributed by atoms with Crippen molar-refractivity contribution in [3.63, 3.8) is 0 Å². The highest BCUT2D eigenvalue weighted by Crippen LogP contribution is 2.33. The van der Waals surface area contributed by atoms with Crippen molar-refractivity contribution in [1.82, 2.24) is 0 Å². The van der Waals surface area contributed by atoms with Gasteiger partial charge in [0, 0.05) is 6.07 Å². The molecule has 0 radical (unpaired) electrons. The van der Waals surface area contributed by atoms with Gasteiger partial charge in [-0.1, -0.05) is 6.58 Å². The van der Waals surface area contributed by atoms with Crippen LogP contribution in [-0.2, 0) is 0 Å². The predicted molar refractivity (Wildman–Crippen MR) is 70.7 cm³/mol. The van der Waals surface area contributed by atoms with E-state index in [1.165, 1.54) is 0 Å². The van der Waals surface area contributed by atoms with Gasteiger partial charge in [0.15, 0.2) is 11.5 Å². The van der Waals surface area contributed by atoms with E-state index in [0.29, 0.717) is 23.7 Å². The number of ether oxygens (including phenoxy) is 2. The van der Waals surface area contributed by atoms with Crippen molar-refractivity contribution in [2.75, 3.05) is 13.7 Å². The largest absolute Gasteiger partial charge is 0.493 e. The summed E-state index contributed by atoms with van der Waals surface area (Å²) in [7, 11) is 1.56. The molecule has 0 N–H and O–H groups in total. The maximum Gasteiger partial charge on any atom is 0.175 e. The molecular weight excluding hydrogens is 317 g/mol. The van der Waals surface area contributed by atoms with Crippen molar-refractivity contribution in [2.45, 2.75) is 6.92 Å². The number of halogens is 1. The van der Waals surface area contributed by atoms with E-state index in [1.807, 2.05) is 6.92 Å². The standard InChI is InChI=1S/C12H12INO2/c1-8(2)7-16-12-10(13)4-9(6-14)5-11(12)15-3/h4-5H,1,7H2,2-3H3. The van der Waals surface area contributed by atoms with Crippen molar-refractivity contribution in [1.29, 1.82) is 5.26 Å². The Kier molecular flexibility index (Phi) is 4.62. The quantitative estimate of drug-likeness (QED) is 0.630. The van der Waals surface area contributed by atoms with E-state index in [1.54, 1.807) is 19.2 Å². The fourth-order valence-corrected chi connectivity index (χ4v) is 1.88. The van der Waals surface area contributed by atoms with Gasteiger partial charge in [0.1, 0.15) is 6.61 Å². The number of methoxy groups -OCH3 is 1. The third-order valence-electron chi connectivity index (χ3n) is 1.82. The average molecular weight is 329 g/mol. The van der Waals surface area contributed by atoms with Crippen molar-refractivity contribution < 1.29 is 9.47 Å². The number of nitrogens with zero attached hydrogens (tertiary/aromatic N) is 1. The minimum absolute atomic E-state index is 0.443. The first kappa shape index (κ1) is 12.8. The van der Waals surface area contributed by atoms with Gasteiger partial charge in [0.05, 0.1) is 22.3 Å². The minimum atomic E-state index is 0.443. The van der Waals surface area contributed by atoms with Crippen LogP contribution in [0.25, 0.3) is 0 Å². The highest BCUT2D eigenvalue weighted by molar-refractivity contribution is 14.1. The van der Waals surface area contributed by atoms with Gasteiger partial charge in [-0.05, 0) is 41.2 Å². The average Bonchev–Trinajstić information content (AvgIpc) is 2.26. The summed E-state index contributed by atoms with van der Waals surface area (Å²) in [6.45, 7) is 6.10. The zero-order valence-corrected chi connectivity index (χ0v) is 11.4. The molecule has 16 heavy (non-hydrogen) atoms. The highest BCUT2D eigenvalue weighted by atomic mass is 127. The molecule has 0 saturated carbocycles. The van der Waals surface area contributed by atoms with Crippen LogP contribution in [0.15, 0.2) is 24.3 Å². The van der Waals surface area contributed by atoms with E-state index < -0.39 is 0 Å². The summed E-state index contributed by atoms with van der Waals surface area (Å²) in [5.74, 6) is 1.23. The zero-order valence-electron chi connectivity index (χ0n) is 9.21. The molecule has 3 nitrogen and oxygen atoms in total. The Morgan fingerprint density at radius 2 is 2.25 bits per heavy atom. The van der Waals surface area contributed by atoms with Crippen LogP contribution in [0.3, 0.4) is 0 Å². The van der Waals surface area contributed by atoms with Crippen LogP contribution in [0.4, 0.5) is 0 Å². The summed E-state index contributed by atoms with van der Waals surface area (Å²) < 4.78 is 11.6. The number of rotatable bonds is 4. The Morgan fingerprint density at radius 3 is 2.75 bits per heavy atom. The summed E-state index contributed by atoms with van der Waals surface area (Å²) in [6.07, 6.45) is 0. The molecule has 1 aromatic rings. The second kappa shape index (κ2) is 5.75. The fraction of sp³-hybridized carbons (Fsp3) is 0.250. The predicted octanol–water partition coefficient (Wildman–Crippen LogP) is 3.13. The molecule has 0 aliphatic rings. The second-order valence-electron chi connectivity index (χ2n) is 3.35. The molecule has 0 amide bonds. The first-order chi connectivity index (χ1) is 7.58. The lowest BCUT2D eigenvalue weighted by Crippen LogP contribution is -2.02. The van der Waals surface area contributed by atoms with E-state index in [0.717, 1.165) is 9.14 Å². The van der Waals surface area contributed by atoms with Crippen LogP contribution in [0, 0.1) is 14.9 Å². The van der Waals surface area contributed by atoms with Crippen LogP contribution in [0.1, 0.15) is 12.5 Å². The van der Waals surface area contributed by atoms with Crippen LogP contribution >= 0.6 is 22.6 Å². The van der Waals surface area contributed by atoms with E-state index in [2.05, 4.69) is 35.2 Å². The normalized spacial score (nSPS) is 9.38. The van der Waals surface area contributed by atoms with Crippen molar-refractivity contribution in [3.8, 4) is 17.6 Å². The van der Waals surface area contributed by atoms with Gasteiger partial charge in [-0.3, -0.25) is 0 Å². The zero-order chi connectivity index (χ0) is 12.1. The third-order valence-corrected chi connectivity index (χ3v) is 2.62. The van der Waals surface area contributed by atoms with Crippen molar-refractivity contribution in [3.05, 3.63) is 33.4 Å². The molecule has 1 aromatic carbocycles. The van der Waals surface area contributed by atoms with E-state index in [9.17, 15) is 0 Å². The highest BCUT2D eigenvalue weighted by Gasteiger charge is 2.11. The number of benzene rings is 1. The molecule has 0 aliphatic carbocycles. The minimum Gasteiger partial charge on any atom is -0.493 e. The lowest BCUT2D eigenvalue weighted by Gasteiger charge is -2.12. The van der Waals surface area contributed by atoms with Crippen molar-refractivity contribution >= 4 is 22.6 Å². The molecule has 0 atom stereocenters. The Labute approximate surface area is 109 Å². The molecule has 0 heterocycles. The van der Waals surface area contributed by atoms with Gasteiger partial charge >= 0.3 is 0 Å². The van der Waals surface area contributed by atoms with E-state index >= 15 is 0 Å². The summed E-state index contributed by atoms with van der Waals surface area (Å²) in [4.78, 5) is 0. The number of nitriles is 1. The Bertz CT molecular complexity index is 449. The maximum atomic E-state index is 8.83. The molecule has 0 spiro atoms. The van der Waals surface area contributed by atoms with Crippen LogP contribution in [0.2, 0.25) is 0 Å². The first-order valence-corrected chi connectivity index (χ1v) is 5.71. The Balaban J connectivity index is 3.07. The molecular formula is C12H12INO2. The lowest BCUT2D eigenvalue weighted by molar-refractivity contribution is 0.317. The number of hydrogen-bond acceptors (Lipinski definition) is 3. The molecule has 0 unspecified atom stereocenters. The fourth-order valence-electron chi connectivity index (χ4n) is 1.12. The third kappa shape index (κ3) is 3.14. The van der Waals surface area contributed by atoms with Gasteiger partial charge in [-0.25, -0.2) is 0 Å². The maximum absolute atomic E-state index is 8.83. The van der Waals surface area contributed by atoms with E-state index in [-0.39, 0.29) is 0 Å². The Hall–Kier alpha value is -1.22. The summed E-state index contributed by atoms with van der Waals surface area (Å²) in [5.41, 5.74) is 1.49. The van der Waals surface area contributed by atoms with Gasteiger partial charge in [-0.2, -0.15) is 5.26 Å². The lowest BCUT2D eigenvalue weighted by atomic mass is 10.2. The van der Waals surface area contributed by atoms with Crippen LogP contribution in [-0.4, -0.2) is 13.7 Å². The monoisotopic (exact) mass is 329 g/mol.